The number of hydrogen-bond donors (Lipinski definition) is 2. The summed E-state index contributed by atoms with van der Waals surface area (Å²) in [4.78, 5) is 12.1. The molecule has 0 saturated carbocycles. The number of para-hydroxylation sites is 1. The molecule has 5 nitrogen and oxygen atoms in total. The largest absolute Gasteiger partial charge is 0.387 e. The SMILES string of the molecule is COCCN/C=C(/C#N)C(=O)Nc1ccccc1C(C)C. The van der Waals surface area contributed by atoms with Crippen molar-refractivity contribution in [2.45, 2.75) is 19.8 Å². The van der Waals surface area contributed by atoms with Crippen molar-refractivity contribution in [3.8, 4) is 6.07 Å². The minimum atomic E-state index is -0.421. The van der Waals surface area contributed by atoms with E-state index in [2.05, 4.69) is 24.5 Å². The number of nitrogens with zero attached hydrogens (tertiary/aromatic N) is 1. The Bertz CT molecular complexity index is 545. The van der Waals surface area contributed by atoms with Gasteiger partial charge < -0.3 is 15.4 Å². The Hall–Kier alpha value is -2.32. The predicted octanol–water partition coefficient (Wildman–Crippen LogP) is 2.39. The van der Waals surface area contributed by atoms with E-state index >= 15 is 0 Å². The summed E-state index contributed by atoms with van der Waals surface area (Å²) < 4.78 is 4.88. The van der Waals surface area contributed by atoms with Gasteiger partial charge >= 0.3 is 0 Å². The van der Waals surface area contributed by atoms with Crippen molar-refractivity contribution in [3.05, 3.63) is 41.6 Å². The summed E-state index contributed by atoms with van der Waals surface area (Å²) in [6.07, 6.45) is 1.41. The van der Waals surface area contributed by atoms with Gasteiger partial charge in [-0.25, -0.2) is 0 Å². The Kier molecular flexibility index (Phi) is 6.99. The molecule has 0 aliphatic carbocycles. The number of hydrogen-bond acceptors (Lipinski definition) is 4. The van der Waals surface area contributed by atoms with Crippen molar-refractivity contribution in [1.29, 1.82) is 5.26 Å². The lowest BCUT2D eigenvalue weighted by atomic mass is 10.0. The van der Waals surface area contributed by atoms with E-state index in [1.54, 1.807) is 7.11 Å². The van der Waals surface area contributed by atoms with Gasteiger partial charge in [0.2, 0.25) is 0 Å². The van der Waals surface area contributed by atoms with Gasteiger partial charge in [-0.1, -0.05) is 32.0 Å². The Balaban J connectivity index is 2.77. The zero-order valence-corrected chi connectivity index (χ0v) is 12.6. The lowest BCUT2D eigenvalue weighted by Crippen LogP contribution is -2.19. The number of anilines is 1. The van der Waals surface area contributed by atoms with Crippen molar-refractivity contribution in [2.24, 2.45) is 0 Å². The highest BCUT2D eigenvalue weighted by atomic mass is 16.5. The van der Waals surface area contributed by atoms with E-state index in [4.69, 9.17) is 10.00 Å². The molecule has 0 aromatic heterocycles. The smallest absolute Gasteiger partial charge is 0.267 e. The Morgan fingerprint density at radius 2 is 2.14 bits per heavy atom. The van der Waals surface area contributed by atoms with Crippen LogP contribution in [0.1, 0.15) is 25.3 Å². The third-order valence-corrected chi connectivity index (χ3v) is 2.89. The van der Waals surface area contributed by atoms with Crippen LogP contribution in [0.3, 0.4) is 0 Å². The van der Waals surface area contributed by atoms with Gasteiger partial charge in [0.15, 0.2) is 0 Å². The minimum absolute atomic E-state index is 0.0321. The van der Waals surface area contributed by atoms with E-state index in [9.17, 15) is 4.79 Å². The molecule has 0 saturated heterocycles. The highest BCUT2D eigenvalue weighted by Crippen LogP contribution is 2.23. The average molecular weight is 287 g/mol. The number of nitriles is 1. The van der Waals surface area contributed by atoms with Crippen LogP contribution in [0.15, 0.2) is 36.0 Å². The predicted molar refractivity (Wildman–Crippen MR) is 82.7 cm³/mol. The Labute approximate surface area is 125 Å². The molecule has 0 spiro atoms. The second-order valence-electron chi connectivity index (χ2n) is 4.81. The molecule has 0 unspecified atom stereocenters. The van der Waals surface area contributed by atoms with Crippen LogP contribution >= 0.6 is 0 Å². The third-order valence-electron chi connectivity index (χ3n) is 2.89. The minimum Gasteiger partial charge on any atom is -0.387 e. The van der Waals surface area contributed by atoms with Gasteiger partial charge in [-0.2, -0.15) is 5.26 Å². The van der Waals surface area contributed by atoms with Crippen molar-refractivity contribution in [2.75, 3.05) is 25.6 Å². The van der Waals surface area contributed by atoms with Crippen LogP contribution in [0, 0.1) is 11.3 Å². The molecule has 0 atom stereocenters. The Morgan fingerprint density at radius 3 is 2.76 bits per heavy atom. The fourth-order valence-electron chi connectivity index (χ4n) is 1.79. The summed E-state index contributed by atoms with van der Waals surface area (Å²) in [5.41, 5.74) is 1.80. The number of carbonyl (C=O) groups is 1. The maximum atomic E-state index is 12.1. The summed E-state index contributed by atoms with van der Waals surface area (Å²) in [5.74, 6) is -0.133. The molecule has 112 valence electrons. The normalized spacial score (nSPS) is 11.1. The molecule has 0 radical (unpaired) electrons. The van der Waals surface area contributed by atoms with Crippen molar-refractivity contribution < 1.29 is 9.53 Å². The monoisotopic (exact) mass is 287 g/mol. The zero-order valence-electron chi connectivity index (χ0n) is 12.6. The molecule has 5 heteroatoms. The number of nitrogens with one attached hydrogen (secondary N) is 2. The number of benzene rings is 1. The first-order valence-corrected chi connectivity index (χ1v) is 6.83. The average Bonchev–Trinajstić information content (AvgIpc) is 2.47. The molecule has 1 aromatic rings. The highest BCUT2D eigenvalue weighted by molar-refractivity contribution is 6.06. The molecule has 1 aromatic carbocycles. The first-order valence-electron chi connectivity index (χ1n) is 6.83. The van der Waals surface area contributed by atoms with E-state index in [1.165, 1.54) is 6.20 Å². The molecule has 1 amide bonds. The number of ether oxygens (including phenoxy) is 1. The molecule has 21 heavy (non-hydrogen) atoms. The molecular formula is C16H21N3O2. The van der Waals surface area contributed by atoms with E-state index in [0.29, 0.717) is 13.2 Å². The van der Waals surface area contributed by atoms with Crippen LogP contribution < -0.4 is 10.6 Å². The summed E-state index contributed by atoms with van der Waals surface area (Å²) in [7, 11) is 1.59. The zero-order chi connectivity index (χ0) is 15.7. The van der Waals surface area contributed by atoms with Crippen LogP contribution in [0.25, 0.3) is 0 Å². The second kappa shape index (κ2) is 8.77. The summed E-state index contributed by atoms with van der Waals surface area (Å²) in [6.45, 7) is 5.15. The molecule has 0 heterocycles. The maximum Gasteiger partial charge on any atom is 0.267 e. The van der Waals surface area contributed by atoms with E-state index in [-0.39, 0.29) is 11.5 Å². The number of methoxy groups -OCH3 is 1. The van der Waals surface area contributed by atoms with Crippen LogP contribution in [0.5, 0.6) is 0 Å². The molecule has 0 fully saturated rings. The van der Waals surface area contributed by atoms with Gasteiger partial charge in [0.05, 0.1) is 6.61 Å². The van der Waals surface area contributed by atoms with Gasteiger partial charge in [0, 0.05) is 25.5 Å². The van der Waals surface area contributed by atoms with Crippen LogP contribution in [-0.4, -0.2) is 26.2 Å². The molecule has 0 aliphatic rings. The van der Waals surface area contributed by atoms with Gasteiger partial charge in [-0.3, -0.25) is 4.79 Å². The fourth-order valence-corrected chi connectivity index (χ4v) is 1.79. The van der Waals surface area contributed by atoms with Gasteiger partial charge in [0.1, 0.15) is 11.6 Å². The van der Waals surface area contributed by atoms with E-state index < -0.39 is 5.91 Å². The van der Waals surface area contributed by atoms with Gasteiger partial charge in [-0.05, 0) is 17.5 Å². The molecule has 2 N–H and O–H groups in total. The number of rotatable bonds is 7. The van der Waals surface area contributed by atoms with Crippen molar-refractivity contribution in [1.82, 2.24) is 5.32 Å². The molecule has 0 aliphatic heterocycles. The van der Waals surface area contributed by atoms with Crippen LogP contribution in [0.2, 0.25) is 0 Å². The van der Waals surface area contributed by atoms with Crippen molar-refractivity contribution >= 4 is 11.6 Å². The van der Waals surface area contributed by atoms with E-state index in [1.807, 2.05) is 30.3 Å². The van der Waals surface area contributed by atoms with Gasteiger partial charge in [-0.15, -0.1) is 0 Å². The third kappa shape index (κ3) is 5.28. The van der Waals surface area contributed by atoms with E-state index in [0.717, 1.165) is 11.3 Å². The fraction of sp³-hybridized carbons (Fsp3) is 0.375. The molecule has 1 rings (SSSR count). The first kappa shape index (κ1) is 16.7. The summed E-state index contributed by atoms with van der Waals surface area (Å²) in [5, 5.41) is 14.7. The molecule has 0 bridgehead atoms. The standard InChI is InChI=1S/C16H21N3O2/c1-12(2)14-6-4-5-7-15(14)19-16(20)13(10-17)11-18-8-9-21-3/h4-7,11-12,18H,8-9H2,1-3H3,(H,19,20)/b13-11-. The van der Waals surface area contributed by atoms with Crippen LogP contribution in [0.4, 0.5) is 5.69 Å². The first-order chi connectivity index (χ1) is 10.1. The number of carbonyl (C=O) groups excluding carboxylic acids is 1. The molecular weight excluding hydrogens is 266 g/mol. The second-order valence-corrected chi connectivity index (χ2v) is 4.81. The quantitative estimate of drug-likeness (QED) is 0.459. The summed E-state index contributed by atoms with van der Waals surface area (Å²) >= 11 is 0. The summed E-state index contributed by atoms with van der Waals surface area (Å²) in [6, 6.07) is 9.48. The lowest BCUT2D eigenvalue weighted by molar-refractivity contribution is -0.112. The Morgan fingerprint density at radius 1 is 1.43 bits per heavy atom. The van der Waals surface area contributed by atoms with Gasteiger partial charge in [0.25, 0.3) is 5.91 Å². The maximum absolute atomic E-state index is 12.1. The topological polar surface area (TPSA) is 74.1 Å². The van der Waals surface area contributed by atoms with Crippen molar-refractivity contribution in [3.63, 3.8) is 0 Å². The number of amides is 1. The van der Waals surface area contributed by atoms with Crippen LogP contribution in [-0.2, 0) is 9.53 Å². The lowest BCUT2D eigenvalue weighted by Gasteiger charge is -2.13. The highest BCUT2D eigenvalue weighted by Gasteiger charge is 2.12.